The van der Waals surface area contributed by atoms with Gasteiger partial charge in [0.15, 0.2) is 0 Å². The van der Waals surface area contributed by atoms with Crippen molar-refractivity contribution in [3.8, 4) is 16.3 Å². The molecule has 0 saturated heterocycles. The highest BCUT2D eigenvalue weighted by Crippen LogP contribution is 2.30. The van der Waals surface area contributed by atoms with E-state index < -0.39 is 0 Å². The smallest absolute Gasteiger partial charge is 0.117 e. The fraction of sp³-hybridized carbons (Fsp3) is 0.200. The maximum atomic E-state index is 9.49. The fourth-order valence-corrected chi connectivity index (χ4v) is 2.97. The fourth-order valence-electron chi connectivity index (χ4n) is 2.20. The van der Waals surface area contributed by atoms with Gasteiger partial charge in [0.1, 0.15) is 11.4 Å². The summed E-state index contributed by atoms with van der Waals surface area (Å²) in [4.78, 5) is 1.06. The van der Waals surface area contributed by atoms with Crippen LogP contribution in [0, 0.1) is 13.8 Å². The predicted octanol–water partition coefficient (Wildman–Crippen LogP) is 3.10. The minimum absolute atomic E-state index is 0.113. The number of hydrogen-bond donors (Lipinski definition) is 1. The molecule has 0 aliphatic rings. The van der Waals surface area contributed by atoms with Crippen molar-refractivity contribution >= 4 is 11.3 Å². The van der Waals surface area contributed by atoms with E-state index in [0.29, 0.717) is 5.69 Å². The number of aliphatic hydroxyl groups excluding tert-OH is 1. The molecular formula is C15H15N3OS. The molecule has 0 spiro atoms. The van der Waals surface area contributed by atoms with E-state index in [1.165, 1.54) is 5.56 Å². The molecule has 0 fully saturated rings. The van der Waals surface area contributed by atoms with Gasteiger partial charge in [-0.25, -0.2) is 4.68 Å². The van der Waals surface area contributed by atoms with Gasteiger partial charge in [0, 0.05) is 0 Å². The second kappa shape index (κ2) is 5.19. The van der Waals surface area contributed by atoms with E-state index in [1.807, 2.05) is 29.1 Å². The van der Waals surface area contributed by atoms with Crippen molar-refractivity contribution in [2.75, 3.05) is 0 Å². The Balaban J connectivity index is 2.25. The van der Waals surface area contributed by atoms with Crippen molar-refractivity contribution in [1.29, 1.82) is 0 Å². The molecule has 3 aromatic rings. The molecule has 0 aliphatic heterocycles. The van der Waals surface area contributed by atoms with Crippen LogP contribution in [0.5, 0.6) is 0 Å². The first-order chi connectivity index (χ1) is 9.70. The van der Waals surface area contributed by atoms with Gasteiger partial charge in [-0.1, -0.05) is 23.4 Å². The third kappa shape index (κ3) is 2.15. The van der Waals surface area contributed by atoms with Gasteiger partial charge in [-0.05, 0) is 42.5 Å². The van der Waals surface area contributed by atoms with Crippen molar-refractivity contribution < 1.29 is 5.11 Å². The van der Waals surface area contributed by atoms with Gasteiger partial charge >= 0.3 is 0 Å². The summed E-state index contributed by atoms with van der Waals surface area (Å²) in [6, 6.07) is 10.2. The summed E-state index contributed by atoms with van der Waals surface area (Å²) in [5, 5.41) is 19.8. The second-order valence-corrected chi connectivity index (χ2v) is 5.67. The highest BCUT2D eigenvalue weighted by atomic mass is 32.1. The normalized spacial score (nSPS) is 10.9. The Hall–Kier alpha value is -1.98. The number of benzene rings is 1. The van der Waals surface area contributed by atoms with E-state index in [9.17, 15) is 5.11 Å². The van der Waals surface area contributed by atoms with Crippen molar-refractivity contribution in [3.63, 3.8) is 0 Å². The summed E-state index contributed by atoms with van der Waals surface area (Å²) >= 11 is 1.62. The molecule has 0 aliphatic carbocycles. The topological polar surface area (TPSA) is 50.9 Å². The van der Waals surface area contributed by atoms with E-state index in [1.54, 1.807) is 11.3 Å². The number of aryl methyl sites for hydroxylation is 2. The summed E-state index contributed by atoms with van der Waals surface area (Å²) in [5.41, 5.74) is 4.77. The Morgan fingerprint density at radius 3 is 2.80 bits per heavy atom. The highest BCUT2D eigenvalue weighted by Gasteiger charge is 2.17. The summed E-state index contributed by atoms with van der Waals surface area (Å²) in [5.74, 6) is 0. The van der Waals surface area contributed by atoms with E-state index in [4.69, 9.17) is 0 Å². The van der Waals surface area contributed by atoms with Gasteiger partial charge in [0.25, 0.3) is 0 Å². The molecular weight excluding hydrogens is 270 g/mol. The maximum Gasteiger partial charge on any atom is 0.117 e. The SMILES string of the molecule is Cc1ccc(C)c(-n2nnc(CO)c2-c2cccs2)c1. The van der Waals surface area contributed by atoms with Gasteiger partial charge in [-0.15, -0.1) is 16.4 Å². The van der Waals surface area contributed by atoms with Crippen LogP contribution >= 0.6 is 11.3 Å². The molecule has 0 bridgehead atoms. The Bertz CT molecular complexity index is 732. The zero-order chi connectivity index (χ0) is 14.1. The minimum Gasteiger partial charge on any atom is -0.390 e. The van der Waals surface area contributed by atoms with Crippen molar-refractivity contribution in [2.24, 2.45) is 0 Å². The van der Waals surface area contributed by atoms with Crippen molar-refractivity contribution in [2.45, 2.75) is 20.5 Å². The number of aliphatic hydroxyl groups is 1. The predicted molar refractivity (Wildman–Crippen MR) is 80.1 cm³/mol. The molecule has 0 atom stereocenters. The Morgan fingerprint density at radius 1 is 1.25 bits per heavy atom. The lowest BCUT2D eigenvalue weighted by Crippen LogP contribution is -2.02. The third-order valence-electron chi connectivity index (χ3n) is 3.24. The second-order valence-electron chi connectivity index (χ2n) is 4.72. The molecule has 0 amide bonds. The van der Waals surface area contributed by atoms with Crippen LogP contribution in [0.1, 0.15) is 16.8 Å². The number of nitrogens with zero attached hydrogens (tertiary/aromatic N) is 3. The first-order valence-corrected chi connectivity index (χ1v) is 7.25. The maximum absolute atomic E-state index is 9.49. The van der Waals surface area contributed by atoms with Gasteiger partial charge in [0.05, 0.1) is 17.2 Å². The van der Waals surface area contributed by atoms with E-state index in [2.05, 4.69) is 35.4 Å². The van der Waals surface area contributed by atoms with Crippen LogP contribution in [0.15, 0.2) is 35.7 Å². The summed E-state index contributed by atoms with van der Waals surface area (Å²) in [6.45, 7) is 3.99. The van der Waals surface area contributed by atoms with Gasteiger partial charge in [-0.2, -0.15) is 0 Å². The van der Waals surface area contributed by atoms with Crippen LogP contribution < -0.4 is 0 Å². The molecule has 5 heteroatoms. The lowest BCUT2D eigenvalue weighted by Gasteiger charge is -2.10. The quantitative estimate of drug-likeness (QED) is 0.804. The largest absolute Gasteiger partial charge is 0.390 e. The minimum atomic E-state index is -0.113. The highest BCUT2D eigenvalue weighted by molar-refractivity contribution is 7.13. The average molecular weight is 285 g/mol. The first-order valence-electron chi connectivity index (χ1n) is 6.37. The molecule has 0 unspecified atom stereocenters. The Kier molecular flexibility index (Phi) is 3.38. The zero-order valence-electron chi connectivity index (χ0n) is 11.4. The molecule has 0 saturated carbocycles. The van der Waals surface area contributed by atoms with Crippen LogP contribution in [0.3, 0.4) is 0 Å². The summed E-state index contributed by atoms with van der Waals surface area (Å²) in [7, 11) is 0. The molecule has 102 valence electrons. The zero-order valence-corrected chi connectivity index (χ0v) is 12.2. The third-order valence-corrected chi connectivity index (χ3v) is 4.11. The lowest BCUT2D eigenvalue weighted by molar-refractivity contribution is 0.277. The Morgan fingerprint density at radius 2 is 2.10 bits per heavy atom. The van der Waals surface area contributed by atoms with Crippen LogP contribution in [0.2, 0.25) is 0 Å². The standard InChI is InChI=1S/C15H15N3OS/c1-10-5-6-11(2)13(8-10)18-15(12(9-19)16-17-18)14-4-3-7-20-14/h3-8,19H,9H2,1-2H3. The molecule has 2 aromatic heterocycles. The summed E-state index contributed by atoms with van der Waals surface area (Å²) < 4.78 is 1.82. The molecule has 3 rings (SSSR count). The molecule has 0 radical (unpaired) electrons. The monoisotopic (exact) mass is 285 g/mol. The van der Waals surface area contributed by atoms with E-state index in [-0.39, 0.29) is 6.61 Å². The molecule has 2 heterocycles. The first kappa shape index (κ1) is 13.0. The summed E-state index contributed by atoms with van der Waals surface area (Å²) in [6.07, 6.45) is 0. The van der Waals surface area contributed by atoms with Crippen LogP contribution in [-0.2, 0) is 6.61 Å². The number of rotatable bonds is 3. The average Bonchev–Trinajstić information content (AvgIpc) is 3.08. The Labute approximate surface area is 121 Å². The van der Waals surface area contributed by atoms with Gasteiger partial charge < -0.3 is 5.11 Å². The number of hydrogen-bond acceptors (Lipinski definition) is 4. The molecule has 1 N–H and O–H groups in total. The molecule has 1 aromatic carbocycles. The van der Waals surface area contributed by atoms with E-state index in [0.717, 1.165) is 21.8 Å². The van der Waals surface area contributed by atoms with Crippen LogP contribution in [-0.4, -0.2) is 20.1 Å². The lowest BCUT2D eigenvalue weighted by atomic mass is 10.1. The van der Waals surface area contributed by atoms with Gasteiger partial charge in [0.2, 0.25) is 0 Å². The van der Waals surface area contributed by atoms with Crippen molar-refractivity contribution in [1.82, 2.24) is 15.0 Å². The number of aromatic nitrogens is 3. The molecule has 4 nitrogen and oxygen atoms in total. The van der Waals surface area contributed by atoms with Crippen molar-refractivity contribution in [3.05, 3.63) is 52.5 Å². The van der Waals surface area contributed by atoms with Gasteiger partial charge in [-0.3, -0.25) is 0 Å². The number of thiophene rings is 1. The van der Waals surface area contributed by atoms with Crippen LogP contribution in [0.4, 0.5) is 0 Å². The van der Waals surface area contributed by atoms with Crippen LogP contribution in [0.25, 0.3) is 16.3 Å². The van der Waals surface area contributed by atoms with E-state index >= 15 is 0 Å². The molecule has 20 heavy (non-hydrogen) atoms.